The summed E-state index contributed by atoms with van der Waals surface area (Å²) in [5.74, 6) is 1.18. The van der Waals surface area contributed by atoms with E-state index in [9.17, 15) is 4.79 Å². The van der Waals surface area contributed by atoms with Crippen LogP contribution in [0.4, 0.5) is 4.79 Å². The highest BCUT2D eigenvalue weighted by Crippen LogP contribution is 2.28. The fourth-order valence-corrected chi connectivity index (χ4v) is 3.39. The summed E-state index contributed by atoms with van der Waals surface area (Å²) >= 11 is 0. The zero-order chi connectivity index (χ0) is 12.8. The minimum Gasteiger partial charge on any atom is -0.338 e. The fourth-order valence-electron chi connectivity index (χ4n) is 3.39. The molecular weight excluding hydrogens is 226 g/mol. The van der Waals surface area contributed by atoms with Gasteiger partial charge in [0.1, 0.15) is 0 Å². The third-order valence-corrected chi connectivity index (χ3v) is 4.58. The molecule has 18 heavy (non-hydrogen) atoms. The molecule has 104 valence electrons. The first kappa shape index (κ1) is 13.7. The lowest BCUT2D eigenvalue weighted by Gasteiger charge is -2.30. The first-order chi connectivity index (χ1) is 8.79. The van der Waals surface area contributed by atoms with Gasteiger partial charge < -0.3 is 16.4 Å². The Morgan fingerprint density at radius 2 is 1.61 bits per heavy atom. The number of rotatable bonds is 4. The molecule has 0 saturated heterocycles. The van der Waals surface area contributed by atoms with Crippen molar-refractivity contribution in [2.24, 2.45) is 17.6 Å². The molecule has 2 aliphatic rings. The summed E-state index contributed by atoms with van der Waals surface area (Å²) in [5.41, 5.74) is 5.80. The van der Waals surface area contributed by atoms with Crippen LogP contribution in [0.15, 0.2) is 0 Å². The topological polar surface area (TPSA) is 67.1 Å². The van der Waals surface area contributed by atoms with Crippen molar-refractivity contribution in [3.05, 3.63) is 0 Å². The lowest BCUT2D eigenvalue weighted by atomic mass is 9.79. The lowest BCUT2D eigenvalue weighted by Crippen LogP contribution is -2.44. The van der Waals surface area contributed by atoms with E-state index in [-0.39, 0.29) is 6.03 Å². The maximum atomic E-state index is 11.8. The van der Waals surface area contributed by atoms with Crippen LogP contribution in [0.1, 0.15) is 51.4 Å². The van der Waals surface area contributed by atoms with Crippen LogP contribution in [0.2, 0.25) is 0 Å². The van der Waals surface area contributed by atoms with Crippen LogP contribution in [0.3, 0.4) is 0 Å². The molecular formula is C14H27N3O. The molecule has 0 bridgehead atoms. The standard InChI is InChI=1S/C14H27N3O/c15-9-11-5-1-2-6-12(11)10-16-14(18)17-13-7-3-4-8-13/h11-13H,1-10,15H2,(H2,16,17,18). The number of hydrogen-bond acceptors (Lipinski definition) is 2. The normalized spacial score (nSPS) is 29.2. The summed E-state index contributed by atoms with van der Waals surface area (Å²) in [4.78, 5) is 11.8. The van der Waals surface area contributed by atoms with E-state index in [1.165, 1.54) is 38.5 Å². The van der Waals surface area contributed by atoms with Crippen molar-refractivity contribution >= 4 is 6.03 Å². The number of nitrogens with one attached hydrogen (secondary N) is 2. The predicted octanol–water partition coefficient (Wildman–Crippen LogP) is 1.99. The van der Waals surface area contributed by atoms with Gasteiger partial charge in [-0.05, 0) is 44.1 Å². The zero-order valence-corrected chi connectivity index (χ0v) is 11.3. The zero-order valence-electron chi connectivity index (χ0n) is 11.3. The molecule has 0 spiro atoms. The number of nitrogens with two attached hydrogens (primary N) is 1. The van der Waals surface area contributed by atoms with Crippen LogP contribution in [0.25, 0.3) is 0 Å². The Hall–Kier alpha value is -0.770. The van der Waals surface area contributed by atoms with Crippen molar-refractivity contribution in [1.82, 2.24) is 10.6 Å². The van der Waals surface area contributed by atoms with Gasteiger partial charge in [0.25, 0.3) is 0 Å². The molecule has 4 N–H and O–H groups in total. The second kappa shape index (κ2) is 6.98. The summed E-state index contributed by atoms with van der Waals surface area (Å²) in [6.07, 6.45) is 9.81. The minimum atomic E-state index is 0.0169. The second-order valence-corrected chi connectivity index (χ2v) is 5.88. The van der Waals surface area contributed by atoms with Crippen LogP contribution in [0.5, 0.6) is 0 Å². The van der Waals surface area contributed by atoms with E-state index < -0.39 is 0 Å². The monoisotopic (exact) mass is 253 g/mol. The third-order valence-electron chi connectivity index (χ3n) is 4.58. The van der Waals surface area contributed by atoms with Gasteiger partial charge in [-0.1, -0.05) is 25.7 Å². The van der Waals surface area contributed by atoms with Gasteiger partial charge in [0.2, 0.25) is 0 Å². The Morgan fingerprint density at radius 3 is 2.28 bits per heavy atom. The first-order valence-corrected chi connectivity index (χ1v) is 7.54. The molecule has 2 aliphatic carbocycles. The largest absolute Gasteiger partial charge is 0.338 e. The van der Waals surface area contributed by atoms with Gasteiger partial charge in [0.05, 0.1) is 0 Å². The highest BCUT2D eigenvalue weighted by Gasteiger charge is 2.24. The summed E-state index contributed by atoms with van der Waals surface area (Å²) in [6.45, 7) is 1.55. The summed E-state index contributed by atoms with van der Waals surface area (Å²) in [6, 6.07) is 0.421. The SMILES string of the molecule is NCC1CCCCC1CNC(=O)NC1CCCC1. The van der Waals surface area contributed by atoms with Crippen molar-refractivity contribution in [3.8, 4) is 0 Å². The molecule has 0 radical (unpaired) electrons. The third kappa shape index (κ3) is 3.87. The highest BCUT2D eigenvalue weighted by atomic mass is 16.2. The molecule has 0 heterocycles. The maximum absolute atomic E-state index is 11.8. The van der Waals surface area contributed by atoms with Gasteiger partial charge >= 0.3 is 6.03 Å². The number of urea groups is 1. The number of carbonyl (C=O) groups excluding carboxylic acids is 1. The van der Waals surface area contributed by atoms with E-state index in [0.717, 1.165) is 25.9 Å². The van der Waals surface area contributed by atoms with Crippen molar-refractivity contribution in [2.75, 3.05) is 13.1 Å². The van der Waals surface area contributed by atoms with E-state index >= 15 is 0 Å². The predicted molar refractivity (Wildman–Crippen MR) is 73.3 cm³/mol. The van der Waals surface area contributed by atoms with Crippen molar-refractivity contribution in [1.29, 1.82) is 0 Å². The molecule has 2 fully saturated rings. The van der Waals surface area contributed by atoms with Gasteiger partial charge in [-0.2, -0.15) is 0 Å². The second-order valence-electron chi connectivity index (χ2n) is 5.88. The molecule has 2 amide bonds. The molecule has 0 aromatic rings. The smallest absolute Gasteiger partial charge is 0.315 e. The lowest BCUT2D eigenvalue weighted by molar-refractivity contribution is 0.216. The van der Waals surface area contributed by atoms with Gasteiger partial charge in [-0.15, -0.1) is 0 Å². The van der Waals surface area contributed by atoms with Crippen LogP contribution in [0, 0.1) is 11.8 Å². The Morgan fingerprint density at radius 1 is 1.00 bits per heavy atom. The van der Waals surface area contributed by atoms with E-state index in [0.29, 0.717) is 17.9 Å². The number of hydrogen-bond donors (Lipinski definition) is 3. The van der Waals surface area contributed by atoms with Gasteiger partial charge in [0, 0.05) is 12.6 Å². The van der Waals surface area contributed by atoms with Crippen LogP contribution in [-0.2, 0) is 0 Å². The Balaban J connectivity index is 1.67. The Kier molecular flexibility index (Phi) is 5.29. The molecule has 0 aromatic carbocycles. The van der Waals surface area contributed by atoms with Crippen molar-refractivity contribution in [2.45, 2.75) is 57.4 Å². The van der Waals surface area contributed by atoms with Gasteiger partial charge in [0.15, 0.2) is 0 Å². The fraction of sp³-hybridized carbons (Fsp3) is 0.929. The van der Waals surface area contributed by atoms with E-state index in [2.05, 4.69) is 10.6 Å². The number of carbonyl (C=O) groups is 1. The van der Waals surface area contributed by atoms with Gasteiger partial charge in [-0.25, -0.2) is 4.79 Å². The highest BCUT2D eigenvalue weighted by molar-refractivity contribution is 5.74. The minimum absolute atomic E-state index is 0.0169. The molecule has 0 aliphatic heterocycles. The average molecular weight is 253 g/mol. The quantitative estimate of drug-likeness (QED) is 0.717. The maximum Gasteiger partial charge on any atom is 0.315 e. The summed E-state index contributed by atoms with van der Waals surface area (Å²) < 4.78 is 0. The molecule has 0 aromatic heterocycles. The van der Waals surface area contributed by atoms with Crippen molar-refractivity contribution in [3.63, 3.8) is 0 Å². The molecule has 2 atom stereocenters. The van der Waals surface area contributed by atoms with Gasteiger partial charge in [-0.3, -0.25) is 0 Å². The van der Waals surface area contributed by atoms with E-state index in [1.54, 1.807) is 0 Å². The molecule has 2 saturated carbocycles. The molecule has 4 heteroatoms. The van der Waals surface area contributed by atoms with E-state index in [4.69, 9.17) is 5.73 Å². The Labute approximate surface area is 110 Å². The Bertz CT molecular complexity index is 264. The molecule has 2 rings (SSSR count). The van der Waals surface area contributed by atoms with Crippen LogP contribution < -0.4 is 16.4 Å². The van der Waals surface area contributed by atoms with E-state index in [1.807, 2.05) is 0 Å². The number of amides is 2. The summed E-state index contributed by atoms with van der Waals surface area (Å²) in [7, 11) is 0. The average Bonchev–Trinajstić information content (AvgIpc) is 2.89. The first-order valence-electron chi connectivity index (χ1n) is 7.54. The van der Waals surface area contributed by atoms with Crippen LogP contribution >= 0.6 is 0 Å². The van der Waals surface area contributed by atoms with Crippen LogP contribution in [-0.4, -0.2) is 25.2 Å². The molecule has 2 unspecified atom stereocenters. The summed E-state index contributed by atoms with van der Waals surface area (Å²) in [5, 5.41) is 6.11. The molecule has 4 nitrogen and oxygen atoms in total. The van der Waals surface area contributed by atoms with Crippen molar-refractivity contribution < 1.29 is 4.79 Å².